The summed E-state index contributed by atoms with van der Waals surface area (Å²) in [7, 11) is 0. The Morgan fingerprint density at radius 3 is 2.38 bits per heavy atom. The molecule has 0 spiro atoms. The van der Waals surface area contributed by atoms with E-state index in [9.17, 15) is 9.59 Å². The third-order valence-electron chi connectivity index (χ3n) is 4.45. The molecule has 0 radical (unpaired) electrons. The summed E-state index contributed by atoms with van der Waals surface area (Å²) in [5.41, 5.74) is 2.31. The molecule has 0 N–H and O–H groups in total. The van der Waals surface area contributed by atoms with Crippen LogP contribution in [0.1, 0.15) is 50.7 Å². The lowest BCUT2D eigenvalue weighted by Gasteiger charge is -2.30. The minimum absolute atomic E-state index is 0.00486. The van der Waals surface area contributed by atoms with Gasteiger partial charge in [0.05, 0.1) is 12.5 Å². The van der Waals surface area contributed by atoms with Gasteiger partial charge in [0.25, 0.3) is 0 Å². The molecule has 0 aliphatic carbocycles. The molecule has 1 aliphatic heterocycles. The molecule has 0 aromatic heterocycles. The first-order chi connectivity index (χ1) is 11.5. The number of nitrogens with zero attached hydrogens (tertiary/aromatic N) is 1. The van der Waals surface area contributed by atoms with E-state index in [4.69, 9.17) is 4.74 Å². The van der Waals surface area contributed by atoms with Gasteiger partial charge in [0.15, 0.2) is 0 Å². The fourth-order valence-corrected chi connectivity index (χ4v) is 2.86. The van der Waals surface area contributed by atoms with E-state index in [0.717, 1.165) is 5.56 Å². The second-order valence-electron chi connectivity index (χ2n) is 6.51. The summed E-state index contributed by atoms with van der Waals surface area (Å²) in [6.45, 7) is 7.77. The second-order valence-corrected chi connectivity index (χ2v) is 6.51. The van der Waals surface area contributed by atoms with E-state index >= 15 is 0 Å². The van der Waals surface area contributed by atoms with Crippen molar-refractivity contribution in [2.75, 3.05) is 19.7 Å². The third kappa shape index (κ3) is 4.95. The minimum atomic E-state index is -0.134. The first-order valence-corrected chi connectivity index (χ1v) is 8.74. The Balaban J connectivity index is 1.86. The van der Waals surface area contributed by atoms with Crippen molar-refractivity contribution < 1.29 is 14.3 Å². The Labute approximate surface area is 144 Å². The van der Waals surface area contributed by atoms with Crippen LogP contribution in [0.25, 0.3) is 6.08 Å². The van der Waals surface area contributed by atoms with Crippen molar-refractivity contribution in [2.24, 2.45) is 5.92 Å². The van der Waals surface area contributed by atoms with Gasteiger partial charge < -0.3 is 9.64 Å². The summed E-state index contributed by atoms with van der Waals surface area (Å²) in [5, 5.41) is 0. The molecule has 1 aromatic rings. The lowest BCUT2D eigenvalue weighted by atomic mass is 9.97. The van der Waals surface area contributed by atoms with Crippen molar-refractivity contribution in [2.45, 2.75) is 39.5 Å². The Hall–Kier alpha value is -2.10. The lowest BCUT2D eigenvalue weighted by Crippen LogP contribution is -2.39. The summed E-state index contributed by atoms with van der Waals surface area (Å²) < 4.78 is 5.05. The van der Waals surface area contributed by atoms with Gasteiger partial charge in [-0.25, -0.2) is 0 Å². The Kier molecular flexibility index (Phi) is 6.59. The maximum atomic E-state index is 12.3. The largest absolute Gasteiger partial charge is 0.466 e. The zero-order valence-electron chi connectivity index (χ0n) is 14.8. The van der Waals surface area contributed by atoms with Gasteiger partial charge in [-0.3, -0.25) is 9.59 Å². The van der Waals surface area contributed by atoms with E-state index in [1.807, 2.05) is 25.1 Å². The smallest absolute Gasteiger partial charge is 0.309 e. The number of esters is 1. The number of rotatable bonds is 5. The Morgan fingerprint density at radius 1 is 1.21 bits per heavy atom. The van der Waals surface area contributed by atoms with Gasteiger partial charge >= 0.3 is 5.97 Å². The number of hydrogen-bond donors (Lipinski definition) is 0. The van der Waals surface area contributed by atoms with Gasteiger partial charge in [-0.05, 0) is 42.9 Å². The molecule has 24 heavy (non-hydrogen) atoms. The van der Waals surface area contributed by atoms with E-state index in [2.05, 4.69) is 26.0 Å². The molecular formula is C20H27NO3. The number of amides is 1. The van der Waals surface area contributed by atoms with E-state index in [1.54, 1.807) is 11.0 Å². The highest BCUT2D eigenvalue weighted by Crippen LogP contribution is 2.19. The van der Waals surface area contributed by atoms with Gasteiger partial charge in [0.2, 0.25) is 5.91 Å². The molecule has 0 atom stereocenters. The fourth-order valence-electron chi connectivity index (χ4n) is 2.86. The van der Waals surface area contributed by atoms with Gasteiger partial charge in [0.1, 0.15) is 0 Å². The molecular weight excluding hydrogens is 302 g/mol. The molecule has 1 heterocycles. The highest BCUT2D eigenvalue weighted by atomic mass is 16.5. The standard InChI is InChI=1S/C20H27NO3/c1-4-24-20(23)18-11-13-21(14-12-18)19(22)10-7-16-5-8-17(9-6-16)15(2)3/h5-10,15,18H,4,11-14H2,1-3H3/b10-7+. The van der Waals surface area contributed by atoms with Crippen molar-refractivity contribution in [1.29, 1.82) is 0 Å². The fraction of sp³-hybridized carbons (Fsp3) is 0.500. The van der Waals surface area contributed by atoms with E-state index in [1.165, 1.54) is 5.56 Å². The van der Waals surface area contributed by atoms with Gasteiger partial charge in [-0.1, -0.05) is 38.1 Å². The average molecular weight is 329 g/mol. The topological polar surface area (TPSA) is 46.6 Å². The average Bonchev–Trinajstić information content (AvgIpc) is 2.60. The summed E-state index contributed by atoms with van der Waals surface area (Å²) in [6.07, 6.45) is 4.84. The van der Waals surface area contributed by atoms with Crippen molar-refractivity contribution in [3.63, 3.8) is 0 Å². The van der Waals surface area contributed by atoms with Crippen molar-refractivity contribution in [1.82, 2.24) is 4.90 Å². The summed E-state index contributed by atoms with van der Waals surface area (Å²) in [5.74, 6) is 0.308. The molecule has 4 heteroatoms. The molecule has 130 valence electrons. The molecule has 1 amide bonds. The van der Waals surface area contributed by atoms with Gasteiger partial charge in [-0.15, -0.1) is 0 Å². The quantitative estimate of drug-likeness (QED) is 0.612. The van der Waals surface area contributed by atoms with Crippen LogP contribution in [-0.2, 0) is 14.3 Å². The summed E-state index contributed by atoms with van der Waals surface area (Å²) in [6, 6.07) is 8.26. The van der Waals surface area contributed by atoms with Crippen LogP contribution in [0.4, 0.5) is 0 Å². The summed E-state index contributed by atoms with van der Waals surface area (Å²) in [4.78, 5) is 25.8. The predicted octanol–water partition coefficient (Wildman–Crippen LogP) is 3.62. The maximum absolute atomic E-state index is 12.3. The molecule has 0 bridgehead atoms. The molecule has 1 aliphatic rings. The van der Waals surface area contributed by atoms with Gasteiger partial charge in [0, 0.05) is 19.2 Å². The molecule has 2 rings (SSSR count). The molecule has 0 unspecified atom stereocenters. The van der Waals surface area contributed by atoms with E-state index in [-0.39, 0.29) is 17.8 Å². The number of piperidine rings is 1. The third-order valence-corrected chi connectivity index (χ3v) is 4.45. The first-order valence-electron chi connectivity index (χ1n) is 8.74. The Bertz CT molecular complexity index is 581. The molecule has 1 saturated heterocycles. The van der Waals surface area contributed by atoms with Crippen LogP contribution in [0.3, 0.4) is 0 Å². The van der Waals surface area contributed by atoms with Crippen LogP contribution in [0, 0.1) is 5.92 Å². The molecule has 1 aromatic carbocycles. The number of benzene rings is 1. The van der Waals surface area contributed by atoms with Crippen LogP contribution in [-0.4, -0.2) is 36.5 Å². The van der Waals surface area contributed by atoms with Crippen molar-refractivity contribution in [3.05, 3.63) is 41.5 Å². The SMILES string of the molecule is CCOC(=O)C1CCN(C(=O)/C=C/c2ccc(C(C)C)cc2)CC1. The Morgan fingerprint density at radius 2 is 1.83 bits per heavy atom. The summed E-state index contributed by atoms with van der Waals surface area (Å²) >= 11 is 0. The number of carbonyl (C=O) groups is 2. The van der Waals surface area contributed by atoms with E-state index < -0.39 is 0 Å². The molecule has 1 fully saturated rings. The highest BCUT2D eigenvalue weighted by Gasteiger charge is 2.27. The monoisotopic (exact) mass is 329 g/mol. The highest BCUT2D eigenvalue weighted by molar-refractivity contribution is 5.92. The zero-order valence-corrected chi connectivity index (χ0v) is 14.8. The van der Waals surface area contributed by atoms with Crippen molar-refractivity contribution in [3.8, 4) is 0 Å². The number of likely N-dealkylation sites (tertiary alicyclic amines) is 1. The van der Waals surface area contributed by atoms with Crippen LogP contribution in [0.2, 0.25) is 0 Å². The predicted molar refractivity (Wildman–Crippen MR) is 95.5 cm³/mol. The molecule has 4 nitrogen and oxygen atoms in total. The normalized spacial score (nSPS) is 15.9. The second kappa shape index (κ2) is 8.67. The van der Waals surface area contributed by atoms with Crippen molar-refractivity contribution >= 4 is 18.0 Å². The zero-order chi connectivity index (χ0) is 17.5. The minimum Gasteiger partial charge on any atom is -0.466 e. The van der Waals surface area contributed by atoms with Crippen LogP contribution in [0.5, 0.6) is 0 Å². The lowest BCUT2D eigenvalue weighted by molar-refractivity contribution is -0.150. The van der Waals surface area contributed by atoms with Crippen LogP contribution >= 0.6 is 0 Å². The number of hydrogen-bond acceptors (Lipinski definition) is 3. The van der Waals surface area contributed by atoms with Gasteiger partial charge in [-0.2, -0.15) is 0 Å². The maximum Gasteiger partial charge on any atom is 0.309 e. The number of carbonyl (C=O) groups excluding carboxylic acids is 2. The number of ether oxygens (including phenoxy) is 1. The first kappa shape index (κ1) is 18.2. The van der Waals surface area contributed by atoms with Crippen LogP contribution in [0.15, 0.2) is 30.3 Å². The van der Waals surface area contributed by atoms with Crippen LogP contribution < -0.4 is 0 Å². The van der Waals surface area contributed by atoms with E-state index in [0.29, 0.717) is 38.5 Å². The molecule has 0 saturated carbocycles.